The second-order valence-electron chi connectivity index (χ2n) is 2.58. The summed E-state index contributed by atoms with van der Waals surface area (Å²) in [6.07, 6.45) is 0. The Bertz CT molecular complexity index is 110. The summed E-state index contributed by atoms with van der Waals surface area (Å²) in [7, 11) is 0. The van der Waals surface area contributed by atoms with Gasteiger partial charge in [-0.05, 0) is 6.92 Å². The maximum absolute atomic E-state index is 5.59. The van der Waals surface area contributed by atoms with E-state index in [1.807, 2.05) is 5.01 Å². The summed E-state index contributed by atoms with van der Waals surface area (Å²) >= 11 is 0. The highest BCUT2D eigenvalue weighted by Gasteiger charge is 2.17. The number of piperazine rings is 1. The van der Waals surface area contributed by atoms with E-state index in [-0.39, 0.29) is 32.9 Å². The summed E-state index contributed by atoms with van der Waals surface area (Å²) in [6, 6.07) is 0.392. The van der Waals surface area contributed by atoms with Gasteiger partial charge in [0.1, 0.15) is 0 Å². The Morgan fingerprint density at radius 2 is 1.27 bits per heavy atom. The van der Waals surface area contributed by atoms with Crippen LogP contribution in [0.5, 0.6) is 0 Å². The van der Waals surface area contributed by atoms with Crippen LogP contribution >= 0.6 is 0 Å². The molecule has 0 aromatic carbocycles. The Labute approximate surface area is 88.2 Å². The normalized spacial score (nSPS) is 19.8. The minimum atomic E-state index is 0. The second-order valence-corrected chi connectivity index (χ2v) is 2.58. The third-order valence-electron chi connectivity index (χ3n) is 1.71. The van der Waals surface area contributed by atoms with Gasteiger partial charge in [-0.1, -0.05) is 0 Å². The Hall–Kier alpha value is -0.400. The van der Waals surface area contributed by atoms with Gasteiger partial charge in [-0.15, -0.1) is 0 Å². The fraction of sp³-hybridized carbons (Fsp3) is 1.00. The lowest BCUT2D eigenvalue weighted by atomic mass is 10.2. The van der Waals surface area contributed by atoms with E-state index in [0.29, 0.717) is 6.04 Å². The van der Waals surface area contributed by atoms with Gasteiger partial charge in [-0.25, -0.2) is 10.0 Å². The van der Waals surface area contributed by atoms with Gasteiger partial charge in [0.05, 0.1) is 0 Å². The molecule has 0 bridgehead atoms. The summed E-state index contributed by atoms with van der Waals surface area (Å²) in [5, 5.41) is 3.62. The highest BCUT2D eigenvalue weighted by Crippen LogP contribution is 1.99. The molecule has 0 aromatic heterocycles. The topological polar surface area (TPSA) is 248 Å². The molecule has 0 aromatic rings. The first kappa shape index (κ1) is 36.5. The number of nitrogens with two attached hydrogens (primary N) is 2. The first-order chi connectivity index (χ1) is 4.20. The highest BCUT2D eigenvalue weighted by atomic mass is 16.0. The van der Waals surface area contributed by atoms with Crippen LogP contribution in [0.3, 0.4) is 0 Å². The molecule has 1 fully saturated rings. The molecule has 0 aliphatic carbocycles. The molecule has 10 nitrogen and oxygen atoms in total. The molecule has 0 spiro atoms. The standard InChI is InChI=1S/C5H14N4.6H2O/c1-5-4-8(6)2-3-9(5)7;;;;;;/h5H,2-4,6-7H2,1H3;6*1H2/t5-;;;;;;/m0....../s1. The maximum atomic E-state index is 5.59. The molecule has 16 N–H and O–H groups in total. The van der Waals surface area contributed by atoms with E-state index in [2.05, 4.69) is 6.92 Å². The molecule has 1 heterocycles. The van der Waals surface area contributed by atoms with Crippen LogP contribution in [-0.2, 0) is 0 Å². The van der Waals surface area contributed by atoms with Gasteiger partial charge in [-0.2, -0.15) is 0 Å². The number of hydrazine groups is 2. The van der Waals surface area contributed by atoms with Crippen molar-refractivity contribution in [2.24, 2.45) is 11.7 Å². The van der Waals surface area contributed by atoms with Crippen molar-refractivity contribution in [3.05, 3.63) is 0 Å². The molecule has 0 amide bonds. The van der Waals surface area contributed by atoms with Gasteiger partial charge < -0.3 is 32.9 Å². The monoisotopic (exact) mass is 238 g/mol. The zero-order valence-electron chi connectivity index (χ0n) is 8.75. The lowest BCUT2D eigenvalue weighted by Crippen LogP contribution is -2.56. The average molecular weight is 238 g/mol. The van der Waals surface area contributed by atoms with Crippen LogP contribution in [-0.4, -0.2) is 68.6 Å². The van der Waals surface area contributed by atoms with Gasteiger partial charge in [-0.3, -0.25) is 11.7 Å². The lowest BCUT2D eigenvalue weighted by molar-refractivity contribution is 0.0845. The predicted molar refractivity (Wildman–Crippen MR) is 57.8 cm³/mol. The average Bonchev–Trinajstić information content (AvgIpc) is 1.80. The largest absolute Gasteiger partial charge is 0.412 e. The summed E-state index contributed by atoms with van der Waals surface area (Å²) in [5.41, 5.74) is 0. The molecule has 0 unspecified atom stereocenters. The quantitative estimate of drug-likeness (QED) is 0.390. The molecule has 1 rings (SSSR count). The van der Waals surface area contributed by atoms with E-state index in [4.69, 9.17) is 11.7 Å². The highest BCUT2D eigenvalue weighted by molar-refractivity contribution is 4.71. The van der Waals surface area contributed by atoms with Gasteiger partial charge >= 0.3 is 0 Å². The van der Waals surface area contributed by atoms with E-state index in [0.717, 1.165) is 19.6 Å². The first-order valence-corrected chi connectivity index (χ1v) is 3.21. The predicted octanol–water partition coefficient (Wildman–Crippen LogP) is -6.21. The van der Waals surface area contributed by atoms with Crippen molar-refractivity contribution in [1.82, 2.24) is 10.0 Å². The third-order valence-corrected chi connectivity index (χ3v) is 1.71. The molecule has 1 saturated heterocycles. The second kappa shape index (κ2) is 16.0. The van der Waals surface area contributed by atoms with Gasteiger partial charge in [0, 0.05) is 25.7 Å². The number of hydrogen-bond donors (Lipinski definition) is 2. The number of nitrogens with zero attached hydrogens (tertiary/aromatic N) is 2. The number of hydrogen-bond acceptors (Lipinski definition) is 4. The summed E-state index contributed by atoms with van der Waals surface area (Å²) in [6.45, 7) is 4.69. The van der Waals surface area contributed by atoms with Crippen molar-refractivity contribution in [3.63, 3.8) is 0 Å². The Kier molecular flexibility index (Phi) is 39.1. The molecule has 102 valence electrons. The Morgan fingerprint density at radius 3 is 1.53 bits per heavy atom. The van der Waals surface area contributed by atoms with Crippen LogP contribution in [0.15, 0.2) is 0 Å². The summed E-state index contributed by atoms with van der Waals surface area (Å²) in [5.74, 6) is 11.1. The van der Waals surface area contributed by atoms with E-state index in [9.17, 15) is 0 Å². The SMILES string of the molecule is C[C@H]1CN(N)CCN1N.O.O.O.O.O.O. The molecule has 1 aliphatic heterocycles. The van der Waals surface area contributed by atoms with Crippen LogP contribution in [0.2, 0.25) is 0 Å². The minimum Gasteiger partial charge on any atom is -0.412 e. The molecular formula is C5H26N4O6. The van der Waals surface area contributed by atoms with Crippen LogP contribution in [0.4, 0.5) is 0 Å². The Morgan fingerprint density at radius 1 is 0.867 bits per heavy atom. The van der Waals surface area contributed by atoms with Crippen LogP contribution in [0.25, 0.3) is 0 Å². The van der Waals surface area contributed by atoms with Crippen LogP contribution < -0.4 is 11.7 Å². The third kappa shape index (κ3) is 11.5. The zero-order valence-corrected chi connectivity index (χ0v) is 8.75. The molecular weight excluding hydrogens is 212 g/mol. The molecule has 0 radical (unpaired) electrons. The van der Waals surface area contributed by atoms with Crippen LogP contribution in [0.1, 0.15) is 6.92 Å². The fourth-order valence-corrected chi connectivity index (χ4v) is 1.000. The molecule has 10 heteroatoms. The molecule has 1 atom stereocenters. The van der Waals surface area contributed by atoms with E-state index in [1.165, 1.54) is 0 Å². The van der Waals surface area contributed by atoms with Crippen molar-refractivity contribution in [2.45, 2.75) is 13.0 Å². The van der Waals surface area contributed by atoms with Crippen molar-refractivity contribution in [2.75, 3.05) is 19.6 Å². The maximum Gasteiger partial charge on any atom is 0.0354 e. The van der Waals surface area contributed by atoms with Gasteiger partial charge in [0.25, 0.3) is 0 Å². The molecule has 1 aliphatic rings. The molecule has 0 saturated carbocycles. The minimum absolute atomic E-state index is 0. The fourth-order valence-electron chi connectivity index (χ4n) is 1.000. The van der Waals surface area contributed by atoms with E-state index >= 15 is 0 Å². The summed E-state index contributed by atoms with van der Waals surface area (Å²) < 4.78 is 0. The van der Waals surface area contributed by atoms with Gasteiger partial charge in [0.2, 0.25) is 0 Å². The van der Waals surface area contributed by atoms with Gasteiger partial charge in [0.15, 0.2) is 0 Å². The Balaban J connectivity index is -0.0000000337. The first-order valence-electron chi connectivity index (χ1n) is 3.21. The molecule has 15 heavy (non-hydrogen) atoms. The smallest absolute Gasteiger partial charge is 0.0354 e. The zero-order chi connectivity index (χ0) is 6.85. The number of rotatable bonds is 0. The van der Waals surface area contributed by atoms with Crippen LogP contribution in [0, 0.1) is 0 Å². The van der Waals surface area contributed by atoms with E-state index in [1.54, 1.807) is 5.01 Å². The van der Waals surface area contributed by atoms with Crippen molar-refractivity contribution >= 4 is 0 Å². The van der Waals surface area contributed by atoms with E-state index < -0.39 is 0 Å². The van der Waals surface area contributed by atoms with Crippen molar-refractivity contribution in [3.8, 4) is 0 Å². The summed E-state index contributed by atoms with van der Waals surface area (Å²) in [4.78, 5) is 0. The van der Waals surface area contributed by atoms with Crippen molar-refractivity contribution < 1.29 is 32.9 Å². The van der Waals surface area contributed by atoms with Crippen molar-refractivity contribution in [1.29, 1.82) is 0 Å². The lowest BCUT2D eigenvalue weighted by Gasteiger charge is -2.34.